The molecule has 1 heterocycles. The Labute approximate surface area is 88.0 Å². The predicted octanol–water partition coefficient (Wildman–Crippen LogP) is 1.42. The Morgan fingerprint density at radius 2 is 2.20 bits per heavy atom. The molecule has 2 N–H and O–H groups in total. The minimum absolute atomic E-state index is 0.0360. The SMILES string of the molecule is C[C@H](CO)Nc1ncc2ccccc2n1. The maximum absolute atomic E-state index is 8.89. The second-order valence-corrected chi connectivity index (χ2v) is 3.48. The highest BCUT2D eigenvalue weighted by Gasteiger charge is 2.02. The van der Waals surface area contributed by atoms with Crippen molar-refractivity contribution in [2.75, 3.05) is 11.9 Å². The second-order valence-electron chi connectivity index (χ2n) is 3.48. The van der Waals surface area contributed by atoms with Gasteiger partial charge in [0.25, 0.3) is 0 Å². The topological polar surface area (TPSA) is 58.0 Å². The summed E-state index contributed by atoms with van der Waals surface area (Å²) in [6.45, 7) is 1.94. The van der Waals surface area contributed by atoms with Crippen LogP contribution < -0.4 is 5.32 Å². The van der Waals surface area contributed by atoms with Crippen LogP contribution in [0.5, 0.6) is 0 Å². The molecule has 4 nitrogen and oxygen atoms in total. The number of para-hydroxylation sites is 1. The summed E-state index contributed by atoms with van der Waals surface area (Å²) in [5, 5.41) is 12.9. The molecule has 0 bridgehead atoms. The molecule has 2 aromatic rings. The van der Waals surface area contributed by atoms with Crippen LogP contribution in [0.1, 0.15) is 6.92 Å². The molecule has 1 atom stereocenters. The number of hydrogen-bond acceptors (Lipinski definition) is 4. The number of fused-ring (bicyclic) bond motifs is 1. The van der Waals surface area contributed by atoms with Crippen molar-refractivity contribution in [3.8, 4) is 0 Å². The zero-order valence-electron chi connectivity index (χ0n) is 8.51. The van der Waals surface area contributed by atoms with E-state index in [2.05, 4.69) is 15.3 Å². The molecule has 0 amide bonds. The first-order valence-electron chi connectivity index (χ1n) is 4.89. The summed E-state index contributed by atoms with van der Waals surface area (Å²) in [4.78, 5) is 8.49. The van der Waals surface area contributed by atoms with Crippen molar-refractivity contribution >= 4 is 16.9 Å². The number of benzene rings is 1. The van der Waals surface area contributed by atoms with Gasteiger partial charge in [0.1, 0.15) is 0 Å². The number of aliphatic hydroxyl groups excluding tert-OH is 1. The maximum atomic E-state index is 8.89. The summed E-state index contributed by atoms with van der Waals surface area (Å²) < 4.78 is 0. The molecule has 2 rings (SSSR count). The third-order valence-corrected chi connectivity index (χ3v) is 2.14. The van der Waals surface area contributed by atoms with Crippen molar-refractivity contribution in [3.63, 3.8) is 0 Å². The molecule has 0 aliphatic heterocycles. The van der Waals surface area contributed by atoms with Gasteiger partial charge in [-0.15, -0.1) is 0 Å². The average molecular weight is 203 g/mol. The van der Waals surface area contributed by atoms with Gasteiger partial charge in [0.15, 0.2) is 0 Å². The van der Waals surface area contributed by atoms with E-state index in [0.29, 0.717) is 5.95 Å². The number of rotatable bonds is 3. The van der Waals surface area contributed by atoms with Crippen LogP contribution in [-0.2, 0) is 0 Å². The smallest absolute Gasteiger partial charge is 0.223 e. The van der Waals surface area contributed by atoms with E-state index in [-0.39, 0.29) is 12.6 Å². The van der Waals surface area contributed by atoms with Crippen molar-refractivity contribution in [2.24, 2.45) is 0 Å². The summed E-state index contributed by atoms with van der Waals surface area (Å²) in [5.41, 5.74) is 0.903. The molecule has 1 aromatic carbocycles. The Morgan fingerprint density at radius 1 is 1.40 bits per heavy atom. The van der Waals surface area contributed by atoms with Crippen molar-refractivity contribution in [1.29, 1.82) is 0 Å². The van der Waals surface area contributed by atoms with Crippen LogP contribution in [0.15, 0.2) is 30.5 Å². The fourth-order valence-corrected chi connectivity index (χ4v) is 1.31. The fraction of sp³-hybridized carbons (Fsp3) is 0.273. The van der Waals surface area contributed by atoms with Gasteiger partial charge in [-0.3, -0.25) is 0 Å². The van der Waals surface area contributed by atoms with E-state index in [9.17, 15) is 0 Å². The summed E-state index contributed by atoms with van der Waals surface area (Å²) >= 11 is 0. The van der Waals surface area contributed by atoms with E-state index in [1.807, 2.05) is 31.2 Å². The van der Waals surface area contributed by atoms with Crippen LogP contribution in [0.4, 0.5) is 5.95 Å². The predicted molar refractivity (Wildman–Crippen MR) is 59.7 cm³/mol. The molecule has 0 saturated carbocycles. The molecule has 15 heavy (non-hydrogen) atoms. The minimum Gasteiger partial charge on any atom is -0.394 e. The summed E-state index contributed by atoms with van der Waals surface area (Å²) in [7, 11) is 0. The Hall–Kier alpha value is -1.68. The maximum Gasteiger partial charge on any atom is 0.223 e. The molecule has 0 aliphatic carbocycles. The third kappa shape index (κ3) is 2.22. The van der Waals surface area contributed by atoms with Crippen molar-refractivity contribution < 1.29 is 5.11 Å². The molecule has 78 valence electrons. The van der Waals surface area contributed by atoms with E-state index in [4.69, 9.17) is 5.11 Å². The van der Waals surface area contributed by atoms with Gasteiger partial charge in [0, 0.05) is 17.6 Å². The number of aromatic nitrogens is 2. The molecule has 0 saturated heterocycles. The second kappa shape index (κ2) is 4.23. The van der Waals surface area contributed by atoms with E-state index in [0.717, 1.165) is 10.9 Å². The van der Waals surface area contributed by atoms with E-state index in [1.54, 1.807) is 6.20 Å². The Morgan fingerprint density at radius 3 is 3.00 bits per heavy atom. The average Bonchev–Trinajstić information content (AvgIpc) is 2.29. The highest BCUT2D eigenvalue weighted by molar-refractivity contribution is 5.78. The van der Waals surface area contributed by atoms with Gasteiger partial charge in [-0.1, -0.05) is 18.2 Å². The van der Waals surface area contributed by atoms with Gasteiger partial charge in [0.2, 0.25) is 5.95 Å². The van der Waals surface area contributed by atoms with Gasteiger partial charge >= 0.3 is 0 Å². The highest BCUT2D eigenvalue weighted by atomic mass is 16.3. The molecule has 0 radical (unpaired) electrons. The van der Waals surface area contributed by atoms with Gasteiger partial charge in [0.05, 0.1) is 12.1 Å². The van der Waals surface area contributed by atoms with Crippen molar-refractivity contribution in [2.45, 2.75) is 13.0 Å². The first kappa shape index (κ1) is 9.86. The van der Waals surface area contributed by atoms with Crippen LogP contribution in [0, 0.1) is 0 Å². The lowest BCUT2D eigenvalue weighted by molar-refractivity contribution is 0.281. The van der Waals surface area contributed by atoms with Gasteiger partial charge in [-0.2, -0.15) is 0 Å². The summed E-state index contributed by atoms with van der Waals surface area (Å²) in [5.74, 6) is 0.551. The largest absolute Gasteiger partial charge is 0.394 e. The summed E-state index contributed by atoms with van der Waals surface area (Å²) in [6.07, 6.45) is 1.77. The van der Waals surface area contributed by atoms with Crippen LogP contribution in [0.25, 0.3) is 10.9 Å². The Balaban J connectivity index is 2.30. The quantitative estimate of drug-likeness (QED) is 0.792. The van der Waals surface area contributed by atoms with Crippen molar-refractivity contribution in [3.05, 3.63) is 30.5 Å². The number of nitrogens with zero attached hydrogens (tertiary/aromatic N) is 2. The summed E-state index contributed by atoms with van der Waals surface area (Å²) in [6, 6.07) is 7.76. The zero-order chi connectivity index (χ0) is 10.7. The molecular weight excluding hydrogens is 190 g/mol. The lowest BCUT2D eigenvalue weighted by atomic mass is 10.2. The first-order valence-corrected chi connectivity index (χ1v) is 4.89. The minimum atomic E-state index is -0.0360. The monoisotopic (exact) mass is 203 g/mol. The van der Waals surface area contributed by atoms with Crippen LogP contribution in [0.3, 0.4) is 0 Å². The molecule has 0 aliphatic rings. The molecule has 0 unspecified atom stereocenters. The lowest BCUT2D eigenvalue weighted by Crippen LogP contribution is -2.20. The number of hydrogen-bond donors (Lipinski definition) is 2. The first-order chi connectivity index (χ1) is 7.29. The molecule has 0 fully saturated rings. The van der Waals surface area contributed by atoms with E-state index >= 15 is 0 Å². The number of aliphatic hydroxyl groups is 1. The molecule has 4 heteroatoms. The van der Waals surface area contributed by atoms with Crippen LogP contribution in [-0.4, -0.2) is 27.7 Å². The van der Waals surface area contributed by atoms with Gasteiger partial charge in [-0.25, -0.2) is 9.97 Å². The standard InChI is InChI=1S/C11H13N3O/c1-8(7-15)13-11-12-6-9-4-2-3-5-10(9)14-11/h2-6,8,15H,7H2,1H3,(H,12,13,14)/t8-/m1/s1. The van der Waals surface area contributed by atoms with Gasteiger partial charge in [-0.05, 0) is 13.0 Å². The van der Waals surface area contributed by atoms with Crippen LogP contribution in [0.2, 0.25) is 0 Å². The normalized spacial score (nSPS) is 12.7. The zero-order valence-corrected chi connectivity index (χ0v) is 8.51. The van der Waals surface area contributed by atoms with Crippen molar-refractivity contribution in [1.82, 2.24) is 9.97 Å². The molecule has 1 aromatic heterocycles. The van der Waals surface area contributed by atoms with Gasteiger partial charge < -0.3 is 10.4 Å². The third-order valence-electron chi connectivity index (χ3n) is 2.14. The fourth-order valence-electron chi connectivity index (χ4n) is 1.31. The number of anilines is 1. The highest BCUT2D eigenvalue weighted by Crippen LogP contribution is 2.11. The van der Waals surface area contributed by atoms with E-state index in [1.165, 1.54) is 0 Å². The van der Waals surface area contributed by atoms with Crippen LogP contribution >= 0.6 is 0 Å². The van der Waals surface area contributed by atoms with E-state index < -0.39 is 0 Å². The Kier molecular flexibility index (Phi) is 2.78. The number of nitrogens with one attached hydrogen (secondary N) is 1. The lowest BCUT2D eigenvalue weighted by Gasteiger charge is -2.10. The molecule has 0 spiro atoms. The Bertz CT molecular complexity index is 458. The molecular formula is C11H13N3O.